The maximum absolute atomic E-state index is 10.4. The lowest BCUT2D eigenvalue weighted by Gasteiger charge is -2.22. The molecule has 0 aliphatic rings. The molecule has 21 heavy (non-hydrogen) atoms. The monoisotopic (exact) mass is 296 g/mol. The summed E-state index contributed by atoms with van der Waals surface area (Å²) < 4.78 is 17.0. The van der Waals surface area contributed by atoms with Gasteiger partial charge in [-0.25, -0.2) is 0 Å². The molecule has 2 unspecified atom stereocenters. The normalized spacial score (nSPS) is 13.6. The van der Waals surface area contributed by atoms with Gasteiger partial charge in [0, 0.05) is 0 Å². The second-order valence-electron chi connectivity index (χ2n) is 4.98. The Bertz CT molecular complexity index is 404. The molecule has 0 spiro atoms. The molecule has 0 saturated carbocycles. The zero-order valence-electron chi connectivity index (χ0n) is 13.8. The molecule has 1 rings (SSSR count). The van der Waals surface area contributed by atoms with Gasteiger partial charge in [-0.2, -0.15) is 0 Å². The fourth-order valence-electron chi connectivity index (χ4n) is 2.13. The highest BCUT2D eigenvalue weighted by Crippen LogP contribution is 2.41. The van der Waals surface area contributed by atoms with Crippen molar-refractivity contribution in [2.24, 2.45) is 5.92 Å². The van der Waals surface area contributed by atoms with Gasteiger partial charge >= 0.3 is 0 Å². The minimum Gasteiger partial charge on any atom is -0.490 e. The van der Waals surface area contributed by atoms with Gasteiger partial charge in [-0.3, -0.25) is 0 Å². The van der Waals surface area contributed by atoms with Gasteiger partial charge in [-0.1, -0.05) is 20.3 Å². The predicted octanol–water partition coefficient (Wildman–Crippen LogP) is 3.96. The largest absolute Gasteiger partial charge is 0.490 e. The Labute approximate surface area is 128 Å². The summed E-state index contributed by atoms with van der Waals surface area (Å²) in [5, 5.41) is 10.4. The molecule has 1 aromatic rings. The topological polar surface area (TPSA) is 47.9 Å². The van der Waals surface area contributed by atoms with E-state index >= 15 is 0 Å². The molecular weight excluding hydrogens is 268 g/mol. The molecule has 0 fully saturated rings. The molecule has 0 heterocycles. The molecule has 1 N–H and O–H groups in total. The fraction of sp³-hybridized carbons (Fsp3) is 0.647. The van der Waals surface area contributed by atoms with Crippen LogP contribution in [-0.2, 0) is 0 Å². The van der Waals surface area contributed by atoms with E-state index in [4.69, 9.17) is 14.2 Å². The SMILES string of the molecule is CCOc1cc(C(O)C(C)CC)cc(OCC)c1OCC. The van der Waals surface area contributed by atoms with Crippen molar-refractivity contribution in [3.8, 4) is 17.2 Å². The predicted molar refractivity (Wildman–Crippen MR) is 84.4 cm³/mol. The lowest BCUT2D eigenvalue weighted by molar-refractivity contribution is 0.114. The van der Waals surface area contributed by atoms with E-state index in [0.717, 1.165) is 12.0 Å². The van der Waals surface area contributed by atoms with Gasteiger partial charge in [-0.05, 0) is 44.4 Å². The van der Waals surface area contributed by atoms with Gasteiger partial charge in [-0.15, -0.1) is 0 Å². The van der Waals surface area contributed by atoms with Crippen molar-refractivity contribution in [1.29, 1.82) is 0 Å². The van der Waals surface area contributed by atoms with Crippen molar-refractivity contribution in [2.75, 3.05) is 19.8 Å². The van der Waals surface area contributed by atoms with Crippen LogP contribution >= 0.6 is 0 Å². The maximum atomic E-state index is 10.4. The molecule has 0 amide bonds. The molecule has 0 aromatic heterocycles. The minimum atomic E-state index is -0.538. The summed E-state index contributed by atoms with van der Waals surface area (Å²) in [5.74, 6) is 2.04. The molecule has 0 bridgehead atoms. The molecule has 0 aliphatic carbocycles. The van der Waals surface area contributed by atoms with Gasteiger partial charge in [0.1, 0.15) is 0 Å². The Morgan fingerprint density at radius 1 is 0.905 bits per heavy atom. The van der Waals surface area contributed by atoms with Gasteiger partial charge in [0.15, 0.2) is 11.5 Å². The zero-order valence-corrected chi connectivity index (χ0v) is 13.8. The maximum Gasteiger partial charge on any atom is 0.203 e. The van der Waals surface area contributed by atoms with Gasteiger partial charge in [0.25, 0.3) is 0 Å². The smallest absolute Gasteiger partial charge is 0.203 e. The second kappa shape index (κ2) is 8.78. The van der Waals surface area contributed by atoms with Crippen molar-refractivity contribution in [3.63, 3.8) is 0 Å². The fourth-order valence-corrected chi connectivity index (χ4v) is 2.13. The van der Waals surface area contributed by atoms with Crippen LogP contribution in [0.5, 0.6) is 17.2 Å². The summed E-state index contributed by atoms with van der Waals surface area (Å²) in [5.41, 5.74) is 0.805. The number of hydrogen-bond donors (Lipinski definition) is 1. The van der Waals surface area contributed by atoms with Crippen LogP contribution in [0.25, 0.3) is 0 Å². The van der Waals surface area contributed by atoms with Crippen molar-refractivity contribution in [1.82, 2.24) is 0 Å². The molecule has 0 radical (unpaired) electrons. The van der Waals surface area contributed by atoms with E-state index < -0.39 is 6.10 Å². The summed E-state index contributed by atoms with van der Waals surface area (Å²) >= 11 is 0. The highest BCUT2D eigenvalue weighted by Gasteiger charge is 2.21. The zero-order chi connectivity index (χ0) is 15.8. The van der Waals surface area contributed by atoms with E-state index in [0.29, 0.717) is 37.1 Å². The molecule has 4 heteroatoms. The van der Waals surface area contributed by atoms with Crippen LogP contribution < -0.4 is 14.2 Å². The molecule has 120 valence electrons. The Balaban J connectivity index is 3.27. The number of benzene rings is 1. The third-order valence-corrected chi connectivity index (χ3v) is 3.46. The average molecular weight is 296 g/mol. The highest BCUT2D eigenvalue weighted by atomic mass is 16.5. The van der Waals surface area contributed by atoms with Gasteiger partial charge < -0.3 is 19.3 Å². The van der Waals surface area contributed by atoms with Crippen molar-refractivity contribution in [2.45, 2.75) is 47.1 Å². The number of hydrogen-bond acceptors (Lipinski definition) is 4. The minimum absolute atomic E-state index is 0.173. The van der Waals surface area contributed by atoms with Crippen LogP contribution in [0.15, 0.2) is 12.1 Å². The van der Waals surface area contributed by atoms with Crippen LogP contribution in [0, 0.1) is 5.92 Å². The first-order chi connectivity index (χ1) is 10.1. The molecule has 0 aliphatic heterocycles. The Morgan fingerprint density at radius 2 is 1.38 bits per heavy atom. The van der Waals surface area contributed by atoms with Crippen LogP contribution in [0.1, 0.15) is 52.7 Å². The van der Waals surface area contributed by atoms with Gasteiger partial charge in [0.05, 0.1) is 25.9 Å². The Kier molecular flexibility index (Phi) is 7.37. The number of aliphatic hydroxyl groups is 1. The van der Waals surface area contributed by atoms with Crippen LogP contribution in [0.4, 0.5) is 0 Å². The van der Waals surface area contributed by atoms with E-state index in [1.165, 1.54) is 0 Å². The van der Waals surface area contributed by atoms with E-state index in [1.807, 2.05) is 39.8 Å². The third kappa shape index (κ3) is 4.53. The van der Waals surface area contributed by atoms with Crippen molar-refractivity contribution in [3.05, 3.63) is 17.7 Å². The van der Waals surface area contributed by atoms with E-state index in [2.05, 4.69) is 6.92 Å². The third-order valence-electron chi connectivity index (χ3n) is 3.46. The first kappa shape index (κ1) is 17.6. The van der Waals surface area contributed by atoms with E-state index in [-0.39, 0.29) is 5.92 Å². The summed E-state index contributed by atoms with van der Waals surface area (Å²) in [6.45, 7) is 11.5. The molecule has 2 atom stereocenters. The number of aliphatic hydroxyl groups excluding tert-OH is 1. The summed E-state index contributed by atoms with van der Waals surface area (Å²) in [4.78, 5) is 0. The number of ether oxygens (including phenoxy) is 3. The van der Waals surface area contributed by atoms with Gasteiger partial charge in [0.2, 0.25) is 5.75 Å². The first-order valence-electron chi connectivity index (χ1n) is 7.83. The lowest BCUT2D eigenvalue weighted by Crippen LogP contribution is -2.10. The number of rotatable bonds is 9. The lowest BCUT2D eigenvalue weighted by atomic mass is 9.95. The summed E-state index contributed by atoms with van der Waals surface area (Å²) in [7, 11) is 0. The van der Waals surface area contributed by atoms with E-state index in [1.54, 1.807) is 0 Å². The molecule has 4 nitrogen and oxygen atoms in total. The quantitative estimate of drug-likeness (QED) is 0.749. The average Bonchev–Trinajstić information content (AvgIpc) is 2.49. The first-order valence-corrected chi connectivity index (χ1v) is 7.83. The van der Waals surface area contributed by atoms with E-state index in [9.17, 15) is 5.11 Å². The molecule has 0 saturated heterocycles. The standard InChI is InChI=1S/C17H28O4/c1-6-12(5)16(18)13-10-14(19-7-2)17(21-9-4)15(11-13)20-8-3/h10-12,16,18H,6-9H2,1-5H3. The highest BCUT2D eigenvalue weighted by molar-refractivity contribution is 5.54. The summed E-state index contributed by atoms with van der Waals surface area (Å²) in [6, 6.07) is 3.71. The van der Waals surface area contributed by atoms with Crippen LogP contribution in [0.3, 0.4) is 0 Å². The van der Waals surface area contributed by atoms with Crippen LogP contribution in [-0.4, -0.2) is 24.9 Å². The molecule has 1 aromatic carbocycles. The Morgan fingerprint density at radius 3 is 1.76 bits per heavy atom. The van der Waals surface area contributed by atoms with Crippen molar-refractivity contribution >= 4 is 0 Å². The Hall–Kier alpha value is -1.42. The molecular formula is C17H28O4. The van der Waals surface area contributed by atoms with Crippen LogP contribution in [0.2, 0.25) is 0 Å². The summed E-state index contributed by atoms with van der Waals surface area (Å²) in [6.07, 6.45) is 0.367. The van der Waals surface area contributed by atoms with Crippen molar-refractivity contribution < 1.29 is 19.3 Å². The second-order valence-corrected chi connectivity index (χ2v) is 4.98.